The zero-order chi connectivity index (χ0) is 30.2. The van der Waals surface area contributed by atoms with Gasteiger partial charge in [0.05, 0.1) is 22.4 Å². The lowest BCUT2D eigenvalue weighted by Gasteiger charge is -2.13. The van der Waals surface area contributed by atoms with Gasteiger partial charge in [0.1, 0.15) is 0 Å². The molecule has 5 aromatic carbocycles. The second kappa shape index (κ2) is 11.7. The van der Waals surface area contributed by atoms with Crippen molar-refractivity contribution in [3.8, 4) is 33.9 Å². The van der Waals surface area contributed by atoms with Crippen molar-refractivity contribution in [1.82, 2.24) is 9.13 Å². The molecule has 0 saturated heterocycles. The number of aryl methyl sites for hydroxylation is 4. The van der Waals surface area contributed by atoms with Gasteiger partial charge in [0.2, 0.25) is 0 Å². The summed E-state index contributed by atoms with van der Waals surface area (Å²) >= 11 is 0. The molecule has 0 fully saturated rings. The van der Waals surface area contributed by atoms with Crippen LogP contribution in [-0.2, 0) is 12.8 Å². The Bertz CT molecular complexity index is 1900. The second-order valence-corrected chi connectivity index (χ2v) is 12.3. The number of hydrogen-bond donors (Lipinski definition) is 0. The first kappa shape index (κ1) is 28.0. The zero-order valence-corrected chi connectivity index (χ0v) is 26.3. The Balaban J connectivity index is 1.48. The zero-order valence-electron chi connectivity index (χ0n) is 26.3. The Morgan fingerprint density at radius 2 is 0.795 bits per heavy atom. The minimum absolute atomic E-state index is 1.10. The molecule has 2 nitrogen and oxygen atoms in total. The van der Waals surface area contributed by atoms with Crippen LogP contribution < -0.4 is 0 Å². The average molecular weight is 573 g/mol. The minimum atomic E-state index is 1.10. The summed E-state index contributed by atoms with van der Waals surface area (Å²) in [6.45, 7) is 8.78. The van der Waals surface area contributed by atoms with Crippen molar-refractivity contribution in [2.75, 3.05) is 0 Å². The molecule has 2 heteroatoms. The van der Waals surface area contributed by atoms with Gasteiger partial charge in [0.25, 0.3) is 0 Å². The number of hydrogen-bond acceptors (Lipinski definition) is 0. The van der Waals surface area contributed by atoms with E-state index < -0.39 is 0 Å². The lowest BCUT2D eigenvalue weighted by molar-refractivity contribution is 0.920. The minimum Gasteiger partial charge on any atom is -0.309 e. The third-order valence-corrected chi connectivity index (χ3v) is 8.89. The Morgan fingerprint density at radius 1 is 0.432 bits per heavy atom. The number of fused-ring (bicyclic) bond motifs is 2. The van der Waals surface area contributed by atoms with Gasteiger partial charge in [0, 0.05) is 22.1 Å². The number of aromatic nitrogens is 2. The molecule has 0 aliphatic carbocycles. The van der Waals surface area contributed by atoms with Crippen LogP contribution in [0, 0.1) is 13.8 Å². The Morgan fingerprint density at radius 3 is 1.14 bits per heavy atom. The van der Waals surface area contributed by atoms with Gasteiger partial charge < -0.3 is 9.13 Å². The highest BCUT2D eigenvalue weighted by atomic mass is 15.0. The summed E-state index contributed by atoms with van der Waals surface area (Å²) in [7, 11) is 0. The molecule has 0 bridgehead atoms. The van der Waals surface area contributed by atoms with Gasteiger partial charge in [-0.2, -0.15) is 0 Å². The van der Waals surface area contributed by atoms with Crippen LogP contribution in [0.2, 0.25) is 0 Å². The van der Waals surface area contributed by atoms with Gasteiger partial charge in [-0.05, 0) is 97.5 Å². The van der Waals surface area contributed by atoms with Crippen LogP contribution in [0.1, 0.15) is 48.9 Å². The Labute approximate surface area is 261 Å². The number of benzene rings is 5. The predicted octanol–water partition coefficient (Wildman–Crippen LogP) is 11.4. The molecule has 0 N–H and O–H groups in total. The fourth-order valence-corrected chi connectivity index (χ4v) is 6.54. The smallest absolute Gasteiger partial charge is 0.0542 e. The summed E-state index contributed by atoms with van der Waals surface area (Å²) in [5, 5.41) is 2.48. The van der Waals surface area contributed by atoms with Crippen molar-refractivity contribution < 1.29 is 0 Å². The Hall–Kier alpha value is -4.82. The van der Waals surface area contributed by atoms with E-state index in [4.69, 9.17) is 0 Å². The van der Waals surface area contributed by atoms with Crippen molar-refractivity contribution in [3.05, 3.63) is 144 Å². The van der Waals surface area contributed by atoms with Gasteiger partial charge in [-0.3, -0.25) is 0 Å². The van der Waals surface area contributed by atoms with E-state index in [1.807, 2.05) is 0 Å². The molecule has 0 saturated carbocycles. The molecule has 7 rings (SSSR count). The predicted molar refractivity (Wildman–Crippen MR) is 188 cm³/mol. The summed E-state index contributed by atoms with van der Waals surface area (Å²) in [4.78, 5) is 0. The monoisotopic (exact) mass is 572 g/mol. The SMILES string of the molecule is CCCc1ccc(-n2c(-c3ccc(C)cc3)cc3cc4c(cc(-c5ccc(C)cc5)n4-c4ccc(CCC)cc4)cc32)cc1. The largest absolute Gasteiger partial charge is 0.309 e. The van der Waals surface area contributed by atoms with Crippen molar-refractivity contribution in [1.29, 1.82) is 0 Å². The first-order chi connectivity index (χ1) is 21.5. The molecular weight excluding hydrogens is 532 g/mol. The van der Waals surface area contributed by atoms with E-state index in [1.165, 1.54) is 77.9 Å². The van der Waals surface area contributed by atoms with Crippen molar-refractivity contribution in [3.63, 3.8) is 0 Å². The van der Waals surface area contributed by atoms with E-state index in [0.29, 0.717) is 0 Å². The summed E-state index contributed by atoms with van der Waals surface area (Å²) < 4.78 is 4.88. The first-order valence-electron chi connectivity index (χ1n) is 16.1. The topological polar surface area (TPSA) is 9.86 Å². The third-order valence-electron chi connectivity index (χ3n) is 8.89. The van der Waals surface area contributed by atoms with Crippen LogP contribution in [0.15, 0.2) is 121 Å². The fourth-order valence-electron chi connectivity index (χ4n) is 6.54. The van der Waals surface area contributed by atoms with Gasteiger partial charge in [-0.25, -0.2) is 0 Å². The lowest BCUT2D eigenvalue weighted by atomic mass is 10.1. The highest BCUT2D eigenvalue weighted by Gasteiger charge is 2.18. The molecule has 44 heavy (non-hydrogen) atoms. The highest BCUT2D eigenvalue weighted by molar-refractivity contribution is 6.02. The summed E-state index contributed by atoms with van der Waals surface area (Å²) in [5.74, 6) is 0. The molecule has 0 aliphatic rings. The molecular formula is C42H40N2. The van der Waals surface area contributed by atoms with E-state index in [1.54, 1.807) is 0 Å². The van der Waals surface area contributed by atoms with Gasteiger partial charge in [0.15, 0.2) is 0 Å². The van der Waals surface area contributed by atoms with E-state index in [9.17, 15) is 0 Å². The average Bonchev–Trinajstić information content (AvgIpc) is 3.60. The maximum atomic E-state index is 2.44. The molecule has 2 heterocycles. The second-order valence-electron chi connectivity index (χ2n) is 12.3. The van der Waals surface area contributed by atoms with E-state index in [-0.39, 0.29) is 0 Å². The van der Waals surface area contributed by atoms with E-state index in [0.717, 1.165) is 25.7 Å². The van der Waals surface area contributed by atoms with Crippen LogP contribution in [0.25, 0.3) is 55.7 Å². The van der Waals surface area contributed by atoms with Crippen LogP contribution in [-0.4, -0.2) is 9.13 Å². The maximum Gasteiger partial charge on any atom is 0.0542 e. The molecule has 7 aromatic rings. The van der Waals surface area contributed by atoms with Crippen LogP contribution in [0.3, 0.4) is 0 Å². The molecule has 0 spiro atoms. The molecule has 0 radical (unpaired) electrons. The summed E-state index contributed by atoms with van der Waals surface area (Å²) in [6, 6.07) is 45.6. The lowest BCUT2D eigenvalue weighted by Crippen LogP contribution is -1.98. The van der Waals surface area contributed by atoms with Crippen molar-refractivity contribution in [2.24, 2.45) is 0 Å². The van der Waals surface area contributed by atoms with Crippen LogP contribution in [0.4, 0.5) is 0 Å². The highest BCUT2D eigenvalue weighted by Crippen LogP contribution is 2.38. The first-order valence-corrected chi connectivity index (χ1v) is 16.1. The molecule has 218 valence electrons. The molecule has 2 aromatic heterocycles. The van der Waals surface area contributed by atoms with Crippen LogP contribution >= 0.6 is 0 Å². The number of nitrogens with zero attached hydrogens (tertiary/aromatic N) is 2. The third kappa shape index (κ3) is 5.15. The van der Waals surface area contributed by atoms with Gasteiger partial charge in [-0.15, -0.1) is 0 Å². The van der Waals surface area contributed by atoms with Crippen molar-refractivity contribution in [2.45, 2.75) is 53.4 Å². The fraction of sp³-hybridized carbons (Fsp3) is 0.190. The van der Waals surface area contributed by atoms with E-state index >= 15 is 0 Å². The van der Waals surface area contributed by atoms with E-state index in [2.05, 4.69) is 158 Å². The number of rotatable bonds is 8. The van der Waals surface area contributed by atoms with Crippen LogP contribution in [0.5, 0.6) is 0 Å². The normalized spacial score (nSPS) is 11.5. The summed E-state index contributed by atoms with van der Waals surface area (Å²) in [5.41, 5.74) is 15.0. The molecule has 0 aliphatic heterocycles. The van der Waals surface area contributed by atoms with Gasteiger partial charge in [-0.1, -0.05) is 111 Å². The molecule has 0 unspecified atom stereocenters. The van der Waals surface area contributed by atoms with Gasteiger partial charge >= 0.3 is 0 Å². The van der Waals surface area contributed by atoms with Crippen molar-refractivity contribution >= 4 is 21.8 Å². The maximum absolute atomic E-state index is 2.44. The Kier molecular flexibility index (Phi) is 7.44. The standard InChI is InChI=1S/C42H40N2/c1-5-7-31-13-21-37(22-14-31)43-39(33-17-9-29(3)10-18-33)25-35-28-42-36(27-41(35)43)26-40(34-19-11-30(4)12-20-34)44(42)38-23-15-32(8-6-2)16-24-38/h9-28H,5-8H2,1-4H3. The molecule has 0 amide bonds. The molecule has 0 atom stereocenters. The summed E-state index contributed by atoms with van der Waals surface area (Å²) in [6.07, 6.45) is 4.51. The quantitative estimate of drug-likeness (QED) is 0.171.